The number of aromatic nitrogens is 1. The Hall–Kier alpha value is -1.34. The molecule has 0 radical (unpaired) electrons. The van der Waals surface area contributed by atoms with Gasteiger partial charge >= 0.3 is 0 Å². The number of benzene rings is 1. The number of halogens is 4. The number of nitrogens with zero attached hydrogens (tertiary/aromatic N) is 2. The third-order valence-electron chi connectivity index (χ3n) is 2.43. The molecule has 0 spiro atoms. The molecule has 0 aliphatic heterocycles. The summed E-state index contributed by atoms with van der Waals surface area (Å²) >= 11 is 18.0. The summed E-state index contributed by atoms with van der Waals surface area (Å²) < 4.78 is 13.4. The lowest BCUT2D eigenvalue weighted by molar-refractivity contribution is 0.606. The highest BCUT2D eigenvalue weighted by molar-refractivity contribution is 6.41. The Bertz CT molecular complexity index is 657. The van der Waals surface area contributed by atoms with Gasteiger partial charge in [0.05, 0.1) is 33.9 Å². The lowest BCUT2D eigenvalue weighted by Gasteiger charge is -2.08. The van der Waals surface area contributed by atoms with Crippen molar-refractivity contribution in [3.05, 3.63) is 50.8 Å². The summed E-state index contributed by atoms with van der Waals surface area (Å²) in [4.78, 5) is 4.07. The van der Waals surface area contributed by atoms with Gasteiger partial charge < -0.3 is 0 Å². The molecule has 0 unspecified atom stereocenters. The first kappa shape index (κ1) is 14.1. The van der Waals surface area contributed by atoms with Gasteiger partial charge in [0.15, 0.2) is 0 Å². The van der Waals surface area contributed by atoms with E-state index in [2.05, 4.69) is 4.98 Å². The molecule has 2 aromatic rings. The molecule has 2 rings (SSSR count). The summed E-state index contributed by atoms with van der Waals surface area (Å²) in [6.45, 7) is 0. The molecule has 0 amide bonds. The van der Waals surface area contributed by atoms with E-state index in [-0.39, 0.29) is 12.1 Å². The fourth-order valence-corrected chi connectivity index (χ4v) is 2.62. The predicted octanol–water partition coefficient (Wildman–Crippen LogP) is 4.91. The lowest BCUT2D eigenvalue weighted by Crippen LogP contribution is -1.96. The Morgan fingerprint density at radius 2 is 1.79 bits per heavy atom. The topological polar surface area (TPSA) is 36.7 Å². The van der Waals surface area contributed by atoms with Crippen molar-refractivity contribution in [2.75, 3.05) is 0 Å². The highest BCUT2D eigenvalue weighted by Gasteiger charge is 2.14. The average Bonchev–Trinajstić information content (AvgIpc) is 2.32. The molecule has 0 aliphatic rings. The van der Waals surface area contributed by atoms with Crippen molar-refractivity contribution in [3.8, 4) is 17.3 Å². The lowest BCUT2D eigenvalue weighted by atomic mass is 10.1. The fraction of sp³-hybridized carbons (Fsp3) is 0.0769. The highest BCUT2D eigenvalue weighted by atomic mass is 35.5. The van der Waals surface area contributed by atoms with Gasteiger partial charge in [0.2, 0.25) is 0 Å². The van der Waals surface area contributed by atoms with Crippen molar-refractivity contribution in [2.45, 2.75) is 6.42 Å². The first-order valence-corrected chi connectivity index (χ1v) is 6.33. The second-order valence-electron chi connectivity index (χ2n) is 3.70. The molecule has 2 nitrogen and oxygen atoms in total. The average molecular weight is 316 g/mol. The van der Waals surface area contributed by atoms with Crippen LogP contribution in [0.1, 0.15) is 5.69 Å². The molecular weight excluding hydrogens is 310 g/mol. The van der Waals surface area contributed by atoms with E-state index in [1.54, 1.807) is 0 Å². The van der Waals surface area contributed by atoms with Gasteiger partial charge in [-0.05, 0) is 24.3 Å². The van der Waals surface area contributed by atoms with Crippen LogP contribution in [0, 0.1) is 17.1 Å². The minimum Gasteiger partial charge on any atom is -0.249 e. The van der Waals surface area contributed by atoms with E-state index in [9.17, 15) is 4.39 Å². The normalized spacial score (nSPS) is 10.3. The van der Waals surface area contributed by atoms with Crippen LogP contribution in [0.15, 0.2) is 24.3 Å². The van der Waals surface area contributed by atoms with Crippen LogP contribution < -0.4 is 0 Å². The van der Waals surface area contributed by atoms with Gasteiger partial charge in [-0.15, -0.1) is 0 Å². The zero-order valence-electron chi connectivity index (χ0n) is 9.42. The first-order valence-electron chi connectivity index (χ1n) is 5.20. The molecule has 1 aromatic heterocycles. The van der Waals surface area contributed by atoms with E-state index < -0.39 is 5.82 Å². The quantitative estimate of drug-likeness (QED) is 0.789. The minimum atomic E-state index is -0.536. The molecule has 96 valence electrons. The molecule has 0 atom stereocenters. The van der Waals surface area contributed by atoms with Gasteiger partial charge in [-0.2, -0.15) is 5.26 Å². The summed E-state index contributed by atoms with van der Waals surface area (Å²) in [5.41, 5.74) is 0.923. The van der Waals surface area contributed by atoms with Crippen LogP contribution in [0.4, 0.5) is 4.39 Å². The maximum absolute atomic E-state index is 13.4. The number of nitriles is 1. The van der Waals surface area contributed by atoms with E-state index in [1.807, 2.05) is 6.07 Å². The van der Waals surface area contributed by atoms with Gasteiger partial charge in [-0.25, -0.2) is 9.37 Å². The van der Waals surface area contributed by atoms with E-state index in [0.717, 1.165) is 0 Å². The zero-order chi connectivity index (χ0) is 14.0. The third-order valence-corrected chi connectivity index (χ3v) is 3.24. The summed E-state index contributed by atoms with van der Waals surface area (Å²) in [7, 11) is 0. The first-order chi connectivity index (χ1) is 9.02. The molecule has 0 bridgehead atoms. The predicted molar refractivity (Wildman–Crippen MR) is 74.0 cm³/mol. The molecular formula is C13H6Cl3FN2. The van der Waals surface area contributed by atoms with Crippen molar-refractivity contribution in [1.82, 2.24) is 4.98 Å². The van der Waals surface area contributed by atoms with Crippen molar-refractivity contribution in [1.29, 1.82) is 5.26 Å². The smallest absolute Gasteiger partial charge is 0.145 e. The van der Waals surface area contributed by atoms with E-state index in [4.69, 9.17) is 40.1 Å². The molecule has 19 heavy (non-hydrogen) atoms. The van der Waals surface area contributed by atoms with Gasteiger partial charge in [0, 0.05) is 10.6 Å². The van der Waals surface area contributed by atoms with E-state index >= 15 is 0 Å². The van der Waals surface area contributed by atoms with Gasteiger partial charge in [-0.3, -0.25) is 0 Å². The number of hydrogen-bond acceptors (Lipinski definition) is 2. The van der Waals surface area contributed by atoms with E-state index in [0.29, 0.717) is 26.3 Å². The van der Waals surface area contributed by atoms with Crippen LogP contribution in [0.5, 0.6) is 0 Å². The van der Waals surface area contributed by atoms with Crippen molar-refractivity contribution >= 4 is 34.8 Å². The Labute approximate surface area is 124 Å². The fourth-order valence-electron chi connectivity index (χ4n) is 1.61. The number of pyridine rings is 1. The molecule has 0 N–H and O–H groups in total. The zero-order valence-corrected chi connectivity index (χ0v) is 11.7. The highest BCUT2D eigenvalue weighted by Crippen LogP contribution is 2.36. The summed E-state index contributed by atoms with van der Waals surface area (Å²) in [5.74, 6) is -0.536. The molecule has 6 heteroatoms. The minimum absolute atomic E-state index is 0.0575. The van der Waals surface area contributed by atoms with Gasteiger partial charge in [0.25, 0.3) is 0 Å². The van der Waals surface area contributed by atoms with Crippen LogP contribution in [-0.4, -0.2) is 4.98 Å². The number of rotatable bonds is 2. The summed E-state index contributed by atoms with van der Waals surface area (Å²) in [6.07, 6.45) is -0.123. The molecule has 0 fully saturated rings. The Kier molecular flexibility index (Phi) is 4.26. The van der Waals surface area contributed by atoms with Crippen molar-refractivity contribution < 1.29 is 4.39 Å². The largest absolute Gasteiger partial charge is 0.249 e. The summed E-state index contributed by atoms with van der Waals surface area (Å²) in [6, 6.07) is 7.59. The Balaban J connectivity index is 2.60. The van der Waals surface area contributed by atoms with E-state index in [1.165, 1.54) is 24.3 Å². The molecule has 0 aliphatic carbocycles. The van der Waals surface area contributed by atoms with Crippen LogP contribution in [0.25, 0.3) is 11.3 Å². The SMILES string of the molecule is N#CCc1nc(-c2c(Cl)cc(Cl)cc2Cl)ccc1F. The monoisotopic (exact) mass is 314 g/mol. The molecule has 0 saturated heterocycles. The van der Waals surface area contributed by atoms with Crippen molar-refractivity contribution in [3.63, 3.8) is 0 Å². The Morgan fingerprint density at radius 1 is 1.16 bits per heavy atom. The Morgan fingerprint density at radius 3 is 2.37 bits per heavy atom. The third kappa shape index (κ3) is 2.98. The molecule has 0 saturated carbocycles. The van der Waals surface area contributed by atoms with Crippen LogP contribution in [0.2, 0.25) is 15.1 Å². The second-order valence-corrected chi connectivity index (χ2v) is 4.96. The van der Waals surface area contributed by atoms with Crippen LogP contribution in [-0.2, 0) is 6.42 Å². The second kappa shape index (κ2) is 5.75. The van der Waals surface area contributed by atoms with Crippen LogP contribution in [0.3, 0.4) is 0 Å². The standard InChI is InChI=1S/C13H6Cl3FN2/c14-7-5-8(15)13(9(16)6-7)12-2-1-10(17)11(19-12)3-4-18/h1-2,5-6H,3H2. The maximum Gasteiger partial charge on any atom is 0.145 e. The van der Waals surface area contributed by atoms with Crippen LogP contribution >= 0.6 is 34.8 Å². The maximum atomic E-state index is 13.4. The van der Waals surface area contributed by atoms with Gasteiger partial charge in [-0.1, -0.05) is 34.8 Å². The van der Waals surface area contributed by atoms with Gasteiger partial charge in [0.1, 0.15) is 5.82 Å². The molecule has 1 aromatic carbocycles. The van der Waals surface area contributed by atoms with Crippen molar-refractivity contribution in [2.24, 2.45) is 0 Å². The number of hydrogen-bond donors (Lipinski definition) is 0. The molecule has 1 heterocycles. The summed E-state index contributed by atoms with van der Waals surface area (Å²) in [5, 5.41) is 9.66.